The third kappa shape index (κ3) is 3.60. The van der Waals surface area contributed by atoms with Crippen molar-refractivity contribution in [3.63, 3.8) is 0 Å². The number of hydrogen-bond donors (Lipinski definition) is 3. The van der Waals surface area contributed by atoms with Gasteiger partial charge in [-0.25, -0.2) is 18.2 Å². The molecule has 11 nitrogen and oxygen atoms in total. The molecule has 0 saturated carbocycles. The molecule has 0 aliphatic heterocycles. The Balaban J connectivity index is 1.84. The Kier molecular flexibility index (Phi) is 4.51. The predicted molar refractivity (Wildman–Crippen MR) is 94.2 cm³/mol. The number of anilines is 1. The molecular formula is C14H14N8O3S. The van der Waals surface area contributed by atoms with Crippen LogP contribution >= 0.6 is 0 Å². The van der Waals surface area contributed by atoms with Crippen LogP contribution in [0.3, 0.4) is 0 Å². The number of amidine groups is 1. The number of nitrogen functional groups attached to an aromatic ring is 1. The van der Waals surface area contributed by atoms with Crippen molar-refractivity contribution in [2.45, 2.75) is 4.90 Å². The molecule has 12 heteroatoms. The van der Waals surface area contributed by atoms with Gasteiger partial charge in [0.15, 0.2) is 17.3 Å². The van der Waals surface area contributed by atoms with Crippen molar-refractivity contribution in [1.82, 2.24) is 14.9 Å². The molecule has 0 aliphatic rings. The van der Waals surface area contributed by atoms with Crippen molar-refractivity contribution in [2.75, 3.05) is 5.73 Å². The number of hydrogen-bond acceptors (Lipinski definition) is 8. The summed E-state index contributed by atoms with van der Waals surface area (Å²) in [6.45, 7) is 0. The molecule has 6 N–H and O–H groups in total. The SMILES string of the molecule is N/C(=N\N=C\c1cccn1-c1ccc(S(N)(=O)=O)cc1)c1nonc1N. The summed E-state index contributed by atoms with van der Waals surface area (Å²) in [5, 5.41) is 19.7. The van der Waals surface area contributed by atoms with Crippen molar-refractivity contribution in [3.8, 4) is 5.69 Å². The van der Waals surface area contributed by atoms with Crippen LogP contribution in [-0.4, -0.2) is 35.3 Å². The third-order valence-electron chi connectivity index (χ3n) is 3.34. The second-order valence-corrected chi connectivity index (χ2v) is 6.63. The van der Waals surface area contributed by atoms with Gasteiger partial charge in [0.2, 0.25) is 10.0 Å². The lowest BCUT2D eigenvalue weighted by atomic mass is 10.3. The van der Waals surface area contributed by atoms with Gasteiger partial charge >= 0.3 is 0 Å². The lowest BCUT2D eigenvalue weighted by molar-refractivity contribution is 0.308. The van der Waals surface area contributed by atoms with Crippen LogP contribution in [0.25, 0.3) is 5.69 Å². The van der Waals surface area contributed by atoms with Gasteiger partial charge in [0.1, 0.15) is 0 Å². The van der Waals surface area contributed by atoms with Gasteiger partial charge in [-0.15, -0.1) is 5.10 Å². The number of rotatable bonds is 5. The molecule has 0 unspecified atom stereocenters. The third-order valence-corrected chi connectivity index (χ3v) is 4.26. The zero-order valence-corrected chi connectivity index (χ0v) is 14.0. The Bertz CT molecular complexity index is 1080. The molecule has 0 aliphatic carbocycles. The lowest BCUT2D eigenvalue weighted by Crippen LogP contribution is -2.15. The topological polar surface area (TPSA) is 181 Å². The lowest BCUT2D eigenvalue weighted by Gasteiger charge is -2.06. The van der Waals surface area contributed by atoms with Crippen LogP contribution < -0.4 is 16.6 Å². The number of benzene rings is 1. The van der Waals surface area contributed by atoms with E-state index < -0.39 is 10.0 Å². The Morgan fingerprint density at radius 1 is 1.19 bits per heavy atom. The van der Waals surface area contributed by atoms with E-state index in [2.05, 4.69) is 25.1 Å². The molecule has 3 aromatic rings. The molecule has 134 valence electrons. The fourth-order valence-electron chi connectivity index (χ4n) is 2.10. The molecule has 26 heavy (non-hydrogen) atoms. The maximum absolute atomic E-state index is 11.3. The number of nitrogens with two attached hydrogens (primary N) is 3. The molecule has 0 radical (unpaired) electrons. The predicted octanol–water partition coefficient (Wildman–Crippen LogP) is -0.171. The Labute approximate surface area is 147 Å². The van der Waals surface area contributed by atoms with E-state index in [4.69, 9.17) is 16.6 Å². The van der Waals surface area contributed by atoms with Gasteiger partial charge in [0, 0.05) is 11.9 Å². The number of nitrogens with zero attached hydrogens (tertiary/aromatic N) is 5. The van der Waals surface area contributed by atoms with Gasteiger partial charge in [-0.2, -0.15) is 5.10 Å². The zero-order valence-electron chi connectivity index (χ0n) is 13.2. The molecule has 3 rings (SSSR count). The van der Waals surface area contributed by atoms with Crippen LogP contribution in [-0.2, 0) is 10.0 Å². The average Bonchev–Trinajstić information content (AvgIpc) is 3.23. The van der Waals surface area contributed by atoms with E-state index in [0.29, 0.717) is 11.4 Å². The molecule has 1 aromatic carbocycles. The van der Waals surface area contributed by atoms with E-state index in [1.807, 2.05) is 0 Å². The highest BCUT2D eigenvalue weighted by Gasteiger charge is 2.10. The quantitative estimate of drug-likeness (QED) is 0.315. The van der Waals surface area contributed by atoms with Gasteiger partial charge in [0.25, 0.3) is 0 Å². The summed E-state index contributed by atoms with van der Waals surface area (Å²) in [5.74, 6) is -0.0321. The van der Waals surface area contributed by atoms with Crippen molar-refractivity contribution in [1.29, 1.82) is 0 Å². The molecule has 0 atom stereocenters. The van der Waals surface area contributed by atoms with Crippen LogP contribution in [0.15, 0.2) is 62.3 Å². The van der Waals surface area contributed by atoms with Crippen molar-refractivity contribution >= 4 is 27.9 Å². The molecule has 2 aromatic heterocycles. The molecule has 0 spiro atoms. The van der Waals surface area contributed by atoms with E-state index in [1.165, 1.54) is 18.3 Å². The van der Waals surface area contributed by atoms with Gasteiger partial charge in [-0.1, -0.05) is 0 Å². The highest BCUT2D eigenvalue weighted by Crippen LogP contribution is 2.15. The largest absolute Gasteiger partial charge is 0.380 e. The molecule has 0 amide bonds. The summed E-state index contributed by atoms with van der Waals surface area (Å²) in [4.78, 5) is 0.0276. The standard InChI is InChI=1S/C14H14N8O3S/c15-13(12-14(16)21-25-20-12)19-18-8-10-2-1-7-22(10)9-3-5-11(6-4-9)26(17,23)24/h1-8H,(H2,15,19)(H2,16,21)(H2,17,23,24)/b18-8+. The minimum atomic E-state index is -3.74. The van der Waals surface area contributed by atoms with Crippen molar-refractivity contribution < 1.29 is 13.0 Å². The molecule has 0 bridgehead atoms. The first kappa shape index (κ1) is 17.3. The van der Waals surface area contributed by atoms with Crippen LogP contribution in [0.1, 0.15) is 11.4 Å². The van der Waals surface area contributed by atoms with E-state index in [1.54, 1.807) is 35.0 Å². The normalized spacial score (nSPS) is 12.7. The fraction of sp³-hybridized carbons (Fsp3) is 0. The van der Waals surface area contributed by atoms with Gasteiger partial charge < -0.3 is 16.0 Å². The maximum atomic E-state index is 11.3. The second-order valence-electron chi connectivity index (χ2n) is 5.07. The second kappa shape index (κ2) is 6.78. The number of sulfonamides is 1. The molecule has 0 fully saturated rings. The summed E-state index contributed by atoms with van der Waals surface area (Å²) in [7, 11) is -3.74. The summed E-state index contributed by atoms with van der Waals surface area (Å²) < 4.78 is 28.9. The smallest absolute Gasteiger partial charge is 0.238 e. The first-order valence-corrected chi connectivity index (χ1v) is 8.66. The summed E-state index contributed by atoms with van der Waals surface area (Å²) in [5.41, 5.74) is 12.7. The van der Waals surface area contributed by atoms with Gasteiger partial charge in [0.05, 0.1) is 16.8 Å². The molecule has 0 saturated heterocycles. The molecule has 2 heterocycles. The Hall–Kier alpha value is -3.51. The van der Waals surface area contributed by atoms with Crippen LogP contribution in [0.4, 0.5) is 5.82 Å². The van der Waals surface area contributed by atoms with Crippen LogP contribution in [0.2, 0.25) is 0 Å². The van der Waals surface area contributed by atoms with Gasteiger partial charge in [-0.05, 0) is 46.7 Å². The monoisotopic (exact) mass is 374 g/mol. The van der Waals surface area contributed by atoms with E-state index >= 15 is 0 Å². The van der Waals surface area contributed by atoms with Crippen molar-refractivity contribution in [3.05, 3.63) is 54.0 Å². The van der Waals surface area contributed by atoms with E-state index in [9.17, 15) is 8.42 Å². The summed E-state index contributed by atoms with van der Waals surface area (Å²) >= 11 is 0. The molecular weight excluding hydrogens is 360 g/mol. The summed E-state index contributed by atoms with van der Waals surface area (Å²) in [6.07, 6.45) is 3.24. The van der Waals surface area contributed by atoms with E-state index in [-0.39, 0.29) is 22.2 Å². The highest BCUT2D eigenvalue weighted by atomic mass is 32.2. The number of primary sulfonamides is 1. The van der Waals surface area contributed by atoms with Crippen LogP contribution in [0, 0.1) is 0 Å². The highest BCUT2D eigenvalue weighted by molar-refractivity contribution is 7.89. The van der Waals surface area contributed by atoms with Crippen LogP contribution in [0.5, 0.6) is 0 Å². The minimum absolute atomic E-state index is 0.0137. The van der Waals surface area contributed by atoms with Gasteiger partial charge in [-0.3, -0.25) is 0 Å². The first-order valence-electron chi connectivity index (χ1n) is 7.12. The summed E-state index contributed by atoms with van der Waals surface area (Å²) in [6, 6.07) is 9.66. The minimum Gasteiger partial charge on any atom is -0.380 e. The fourth-order valence-corrected chi connectivity index (χ4v) is 2.62. The van der Waals surface area contributed by atoms with E-state index in [0.717, 1.165) is 0 Å². The maximum Gasteiger partial charge on any atom is 0.238 e. The average molecular weight is 374 g/mol. The first-order chi connectivity index (χ1) is 12.4. The number of aromatic nitrogens is 3. The Morgan fingerprint density at radius 2 is 1.92 bits per heavy atom. The zero-order chi connectivity index (χ0) is 18.7. The van der Waals surface area contributed by atoms with Crippen molar-refractivity contribution in [2.24, 2.45) is 21.1 Å². The Morgan fingerprint density at radius 3 is 2.54 bits per heavy atom.